The molecule has 2 N–H and O–H groups in total. The number of hydrogen-bond donors (Lipinski definition) is 2. The van der Waals surface area contributed by atoms with E-state index in [1.54, 1.807) is 9.58 Å². The van der Waals surface area contributed by atoms with Crippen molar-refractivity contribution in [2.75, 3.05) is 16.8 Å². The highest BCUT2D eigenvalue weighted by molar-refractivity contribution is 6.15. The summed E-state index contributed by atoms with van der Waals surface area (Å²) in [5.74, 6) is 0.407. The lowest BCUT2D eigenvalue weighted by molar-refractivity contribution is -0.126. The fourth-order valence-electron chi connectivity index (χ4n) is 4.41. The number of carbonyl (C=O) groups is 2. The number of carbonyl (C=O) groups excluding carboxylic acids is 2. The monoisotopic (exact) mass is 382 g/mol. The predicted octanol–water partition coefficient (Wildman–Crippen LogP) is 2.78. The standard InChI is InChI=1S/C21H26N4O3/c1-12(2)9-10-24-15-8-6-5-7-14(15)21(20(24)28)11-16(26)22-18-17(21)19(27)23-25(18)13(3)4/h5-8,12-13H,9-11H2,1-4H3,(H,22,26)(H,23,27). The molecule has 2 aliphatic heterocycles. The third kappa shape index (κ3) is 2.45. The van der Waals surface area contributed by atoms with E-state index in [2.05, 4.69) is 24.3 Å². The predicted molar refractivity (Wildman–Crippen MR) is 108 cm³/mol. The zero-order chi connectivity index (χ0) is 20.2. The Labute approximate surface area is 163 Å². The summed E-state index contributed by atoms with van der Waals surface area (Å²) in [6.07, 6.45) is 0.789. The van der Waals surface area contributed by atoms with Crippen LogP contribution in [-0.4, -0.2) is 28.1 Å². The van der Waals surface area contributed by atoms with Gasteiger partial charge in [0.1, 0.15) is 11.2 Å². The lowest BCUT2D eigenvalue weighted by atomic mass is 9.71. The number of anilines is 2. The van der Waals surface area contributed by atoms with Crippen LogP contribution >= 0.6 is 0 Å². The molecule has 1 spiro atoms. The van der Waals surface area contributed by atoms with Gasteiger partial charge in [-0.1, -0.05) is 32.0 Å². The largest absolute Gasteiger partial charge is 0.311 e. The molecule has 28 heavy (non-hydrogen) atoms. The SMILES string of the molecule is CC(C)CCN1C(=O)C2(CC(=O)Nc3c2c(=O)[nH]n3C(C)C)c2ccccc21. The number of nitrogens with one attached hydrogen (secondary N) is 2. The van der Waals surface area contributed by atoms with Crippen molar-refractivity contribution in [1.29, 1.82) is 0 Å². The van der Waals surface area contributed by atoms with E-state index in [9.17, 15) is 14.4 Å². The second-order valence-corrected chi connectivity index (χ2v) is 8.42. The highest BCUT2D eigenvalue weighted by Crippen LogP contribution is 2.51. The minimum atomic E-state index is -1.26. The first-order valence-corrected chi connectivity index (χ1v) is 9.83. The molecule has 0 aliphatic carbocycles. The zero-order valence-corrected chi connectivity index (χ0v) is 16.7. The second-order valence-electron chi connectivity index (χ2n) is 8.42. The van der Waals surface area contributed by atoms with Gasteiger partial charge in [-0.25, -0.2) is 0 Å². The minimum Gasteiger partial charge on any atom is -0.311 e. The summed E-state index contributed by atoms with van der Waals surface area (Å²) in [4.78, 5) is 41.2. The molecule has 3 heterocycles. The maximum atomic E-state index is 13.8. The van der Waals surface area contributed by atoms with Crippen LogP contribution in [0.5, 0.6) is 0 Å². The fraction of sp³-hybridized carbons (Fsp3) is 0.476. The van der Waals surface area contributed by atoms with Crippen LogP contribution in [0.25, 0.3) is 0 Å². The van der Waals surface area contributed by atoms with Crippen LogP contribution in [-0.2, 0) is 15.0 Å². The molecule has 0 saturated carbocycles. The number of H-pyrrole nitrogens is 1. The van der Waals surface area contributed by atoms with E-state index in [-0.39, 0.29) is 29.8 Å². The first kappa shape index (κ1) is 18.5. The number of rotatable bonds is 4. The number of amides is 2. The number of benzene rings is 1. The highest BCUT2D eigenvalue weighted by atomic mass is 16.2. The summed E-state index contributed by atoms with van der Waals surface area (Å²) in [5.41, 5.74) is 0.305. The Hall–Kier alpha value is -2.83. The Kier molecular flexibility index (Phi) is 4.21. The van der Waals surface area contributed by atoms with Gasteiger partial charge in [0, 0.05) is 18.3 Å². The number of nitrogens with zero attached hydrogens (tertiary/aromatic N) is 2. The molecule has 1 aromatic carbocycles. The molecule has 2 amide bonds. The summed E-state index contributed by atoms with van der Waals surface area (Å²) < 4.78 is 1.64. The van der Waals surface area contributed by atoms with Gasteiger partial charge in [-0.15, -0.1) is 0 Å². The first-order chi connectivity index (χ1) is 13.3. The molecule has 0 saturated heterocycles. The fourth-order valence-corrected chi connectivity index (χ4v) is 4.41. The van der Waals surface area contributed by atoms with Gasteiger partial charge in [0.25, 0.3) is 5.56 Å². The Bertz CT molecular complexity index is 1020. The smallest absolute Gasteiger partial charge is 0.270 e. The first-order valence-electron chi connectivity index (χ1n) is 9.83. The number of aromatic amines is 1. The van der Waals surface area contributed by atoms with Crippen LogP contribution in [0.3, 0.4) is 0 Å². The van der Waals surface area contributed by atoms with Gasteiger partial charge >= 0.3 is 0 Å². The summed E-state index contributed by atoms with van der Waals surface area (Å²) in [5, 5.41) is 5.64. The maximum absolute atomic E-state index is 13.8. The van der Waals surface area contributed by atoms with Crippen molar-refractivity contribution in [2.45, 2.75) is 52.0 Å². The molecule has 1 unspecified atom stereocenters. The molecule has 1 atom stereocenters. The van der Waals surface area contributed by atoms with Crippen molar-refractivity contribution in [3.05, 3.63) is 45.7 Å². The third-order valence-electron chi connectivity index (χ3n) is 5.75. The van der Waals surface area contributed by atoms with Gasteiger partial charge in [-0.05, 0) is 37.8 Å². The number of aromatic nitrogens is 2. The van der Waals surface area contributed by atoms with Crippen LogP contribution in [0.4, 0.5) is 11.5 Å². The Morgan fingerprint density at radius 1 is 1.11 bits per heavy atom. The highest BCUT2D eigenvalue weighted by Gasteiger charge is 2.58. The second kappa shape index (κ2) is 6.36. The third-order valence-corrected chi connectivity index (χ3v) is 5.75. The van der Waals surface area contributed by atoms with Gasteiger partial charge < -0.3 is 10.2 Å². The molecule has 2 aliphatic rings. The topological polar surface area (TPSA) is 87.2 Å². The maximum Gasteiger partial charge on any atom is 0.270 e. The van der Waals surface area contributed by atoms with E-state index >= 15 is 0 Å². The van der Waals surface area contributed by atoms with Crippen LogP contribution in [0, 0.1) is 5.92 Å². The van der Waals surface area contributed by atoms with Crippen LogP contribution in [0.2, 0.25) is 0 Å². The molecule has 148 valence electrons. The van der Waals surface area contributed by atoms with Crippen molar-refractivity contribution >= 4 is 23.3 Å². The van der Waals surface area contributed by atoms with Gasteiger partial charge in [0.2, 0.25) is 11.8 Å². The normalized spacial score (nSPS) is 20.9. The molecule has 0 bridgehead atoms. The average Bonchev–Trinajstić information content (AvgIpc) is 3.08. The Morgan fingerprint density at radius 2 is 1.82 bits per heavy atom. The van der Waals surface area contributed by atoms with Crippen LogP contribution in [0.1, 0.15) is 57.7 Å². The molecule has 0 fully saturated rings. The van der Waals surface area contributed by atoms with Gasteiger partial charge in [0.05, 0.1) is 12.0 Å². The van der Waals surface area contributed by atoms with Gasteiger partial charge in [-0.3, -0.25) is 24.2 Å². The summed E-state index contributed by atoms with van der Waals surface area (Å²) in [6.45, 7) is 8.63. The van der Waals surface area contributed by atoms with Crippen molar-refractivity contribution in [2.24, 2.45) is 5.92 Å². The lowest BCUT2D eigenvalue weighted by Gasteiger charge is -2.32. The van der Waals surface area contributed by atoms with Crippen molar-refractivity contribution in [1.82, 2.24) is 9.78 Å². The molecule has 0 radical (unpaired) electrons. The quantitative estimate of drug-likeness (QED) is 0.852. The zero-order valence-electron chi connectivity index (χ0n) is 16.7. The van der Waals surface area contributed by atoms with E-state index in [0.29, 0.717) is 23.8 Å². The average molecular weight is 382 g/mol. The van der Waals surface area contributed by atoms with E-state index in [0.717, 1.165) is 17.7 Å². The molecule has 1 aromatic heterocycles. The molecular weight excluding hydrogens is 356 g/mol. The number of para-hydroxylation sites is 1. The Morgan fingerprint density at radius 3 is 2.50 bits per heavy atom. The van der Waals surface area contributed by atoms with E-state index in [4.69, 9.17) is 0 Å². The minimum absolute atomic E-state index is 0.0563. The summed E-state index contributed by atoms with van der Waals surface area (Å²) >= 11 is 0. The van der Waals surface area contributed by atoms with Gasteiger partial charge in [-0.2, -0.15) is 0 Å². The number of fused-ring (bicyclic) bond motifs is 4. The van der Waals surface area contributed by atoms with Crippen molar-refractivity contribution in [3.63, 3.8) is 0 Å². The van der Waals surface area contributed by atoms with Crippen molar-refractivity contribution < 1.29 is 9.59 Å². The van der Waals surface area contributed by atoms with E-state index in [1.807, 2.05) is 38.1 Å². The molecule has 4 rings (SSSR count). The summed E-state index contributed by atoms with van der Waals surface area (Å²) in [7, 11) is 0. The summed E-state index contributed by atoms with van der Waals surface area (Å²) in [6, 6.07) is 7.47. The number of hydrogen-bond acceptors (Lipinski definition) is 3. The van der Waals surface area contributed by atoms with Gasteiger partial charge in [0.15, 0.2) is 0 Å². The molecule has 7 nitrogen and oxygen atoms in total. The molecular formula is C21H26N4O3. The van der Waals surface area contributed by atoms with Crippen molar-refractivity contribution in [3.8, 4) is 0 Å². The molecule has 2 aromatic rings. The van der Waals surface area contributed by atoms with Crippen LogP contribution in [0.15, 0.2) is 29.1 Å². The van der Waals surface area contributed by atoms with Crippen LogP contribution < -0.4 is 15.8 Å². The Balaban J connectivity index is 1.97. The molecule has 7 heteroatoms. The van der Waals surface area contributed by atoms with E-state index < -0.39 is 5.41 Å². The van der Waals surface area contributed by atoms with E-state index in [1.165, 1.54) is 0 Å². The lowest BCUT2D eigenvalue weighted by Crippen LogP contribution is -2.49.